The molecule has 1 saturated heterocycles. The molecule has 0 bridgehead atoms. The number of carbonyl (C=O) groups is 2. The number of para-hydroxylation sites is 1. The summed E-state index contributed by atoms with van der Waals surface area (Å²) in [5.74, 6) is 0.437. The third kappa shape index (κ3) is 3.87. The second kappa shape index (κ2) is 7.47. The minimum absolute atomic E-state index is 0.0450. The lowest BCUT2D eigenvalue weighted by atomic mass is 9.98. The molecule has 2 heterocycles. The highest BCUT2D eigenvalue weighted by molar-refractivity contribution is 6.07. The molecule has 1 aromatic carbocycles. The average Bonchev–Trinajstić information content (AvgIpc) is 2.67. The van der Waals surface area contributed by atoms with E-state index < -0.39 is 0 Å². The molecule has 130 valence electrons. The smallest absolute Gasteiger partial charge is 0.259 e. The molecule has 0 radical (unpaired) electrons. The Balaban J connectivity index is 1.77. The van der Waals surface area contributed by atoms with E-state index in [1.165, 1.54) is 6.20 Å². The van der Waals surface area contributed by atoms with E-state index in [1.54, 1.807) is 24.2 Å². The van der Waals surface area contributed by atoms with Crippen LogP contribution in [0.1, 0.15) is 40.5 Å². The molecule has 0 saturated carbocycles. The normalized spacial score (nSPS) is 15.0. The van der Waals surface area contributed by atoms with Crippen molar-refractivity contribution in [3.63, 3.8) is 0 Å². The van der Waals surface area contributed by atoms with E-state index in [9.17, 15) is 9.59 Å². The van der Waals surface area contributed by atoms with Crippen molar-refractivity contribution in [2.45, 2.75) is 19.8 Å². The van der Waals surface area contributed by atoms with Crippen LogP contribution in [0.25, 0.3) is 0 Å². The SMILES string of the molecule is CC1CCN(C(=O)c2cncc(C(=O)N(C)c3ccccc3)c2)CC1. The molecular formula is C20H23N3O2. The number of carbonyl (C=O) groups excluding carboxylic acids is 2. The van der Waals surface area contributed by atoms with Crippen LogP contribution < -0.4 is 4.90 Å². The highest BCUT2D eigenvalue weighted by atomic mass is 16.2. The van der Waals surface area contributed by atoms with Crippen LogP contribution in [0.3, 0.4) is 0 Å². The van der Waals surface area contributed by atoms with Gasteiger partial charge in [0.2, 0.25) is 0 Å². The second-order valence-electron chi connectivity index (χ2n) is 6.64. The molecule has 0 spiro atoms. The number of pyridine rings is 1. The summed E-state index contributed by atoms with van der Waals surface area (Å²) in [7, 11) is 1.72. The number of anilines is 1. The van der Waals surface area contributed by atoms with Crippen LogP contribution in [0, 0.1) is 5.92 Å². The van der Waals surface area contributed by atoms with E-state index in [-0.39, 0.29) is 11.8 Å². The lowest BCUT2D eigenvalue weighted by Crippen LogP contribution is -2.38. The maximum absolute atomic E-state index is 12.7. The number of benzene rings is 1. The van der Waals surface area contributed by atoms with Crippen molar-refractivity contribution >= 4 is 17.5 Å². The Kier molecular flexibility index (Phi) is 5.12. The van der Waals surface area contributed by atoms with Gasteiger partial charge in [0.25, 0.3) is 11.8 Å². The molecular weight excluding hydrogens is 314 g/mol. The minimum atomic E-state index is -0.180. The molecule has 2 amide bonds. The van der Waals surface area contributed by atoms with Gasteiger partial charge in [0.15, 0.2) is 0 Å². The van der Waals surface area contributed by atoms with Crippen LogP contribution in [-0.4, -0.2) is 41.8 Å². The summed E-state index contributed by atoms with van der Waals surface area (Å²) < 4.78 is 0. The summed E-state index contributed by atoms with van der Waals surface area (Å²) in [5, 5.41) is 0. The maximum atomic E-state index is 12.7. The van der Waals surface area contributed by atoms with E-state index in [0.717, 1.165) is 31.6 Å². The van der Waals surface area contributed by atoms with E-state index in [2.05, 4.69) is 11.9 Å². The Morgan fingerprint density at radius 3 is 2.40 bits per heavy atom. The van der Waals surface area contributed by atoms with Gasteiger partial charge in [-0.05, 0) is 37.0 Å². The summed E-state index contributed by atoms with van der Waals surface area (Å²) in [5.41, 5.74) is 1.69. The molecule has 1 aromatic heterocycles. The Hall–Kier alpha value is -2.69. The van der Waals surface area contributed by atoms with Gasteiger partial charge in [0.1, 0.15) is 0 Å². The molecule has 1 fully saturated rings. The summed E-state index contributed by atoms with van der Waals surface area (Å²) in [6, 6.07) is 11.1. The Labute approximate surface area is 148 Å². The van der Waals surface area contributed by atoms with Crippen molar-refractivity contribution in [3.05, 3.63) is 59.9 Å². The Bertz CT molecular complexity index is 753. The number of piperidine rings is 1. The van der Waals surface area contributed by atoms with Crippen LogP contribution in [0.15, 0.2) is 48.8 Å². The lowest BCUT2D eigenvalue weighted by Gasteiger charge is -2.30. The first-order chi connectivity index (χ1) is 12.1. The number of likely N-dealkylation sites (tertiary alicyclic amines) is 1. The third-order valence-corrected chi connectivity index (χ3v) is 4.75. The number of hydrogen-bond acceptors (Lipinski definition) is 3. The van der Waals surface area contributed by atoms with Gasteiger partial charge in [0.05, 0.1) is 11.1 Å². The first-order valence-corrected chi connectivity index (χ1v) is 8.63. The molecule has 25 heavy (non-hydrogen) atoms. The van der Waals surface area contributed by atoms with Gasteiger partial charge >= 0.3 is 0 Å². The topological polar surface area (TPSA) is 53.5 Å². The fourth-order valence-corrected chi connectivity index (χ4v) is 3.03. The molecule has 2 aromatic rings. The second-order valence-corrected chi connectivity index (χ2v) is 6.64. The van der Waals surface area contributed by atoms with Crippen LogP contribution in [0.5, 0.6) is 0 Å². The number of hydrogen-bond donors (Lipinski definition) is 0. The maximum Gasteiger partial charge on any atom is 0.259 e. The van der Waals surface area contributed by atoms with Gasteiger partial charge < -0.3 is 9.80 Å². The quantitative estimate of drug-likeness (QED) is 0.864. The first kappa shape index (κ1) is 17.1. The van der Waals surface area contributed by atoms with Crippen LogP contribution in [0.2, 0.25) is 0 Å². The van der Waals surface area contributed by atoms with E-state index in [0.29, 0.717) is 17.0 Å². The fourth-order valence-electron chi connectivity index (χ4n) is 3.03. The predicted octanol–water partition coefficient (Wildman–Crippen LogP) is 3.23. The van der Waals surface area contributed by atoms with Crippen LogP contribution in [-0.2, 0) is 0 Å². The van der Waals surface area contributed by atoms with Crippen molar-refractivity contribution in [1.82, 2.24) is 9.88 Å². The summed E-state index contributed by atoms with van der Waals surface area (Å²) in [4.78, 5) is 32.9. The third-order valence-electron chi connectivity index (χ3n) is 4.75. The number of rotatable bonds is 3. The van der Waals surface area contributed by atoms with E-state index in [1.807, 2.05) is 35.2 Å². The Morgan fingerprint density at radius 2 is 1.72 bits per heavy atom. The van der Waals surface area contributed by atoms with E-state index >= 15 is 0 Å². The molecule has 3 rings (SSSR count). The van der Waals surface area contributed by atoms with Gasteiger partial charge in [-0.15, -0.1) is 0 Å². The zero-order chi connectivity index (χ0) is 17.8. The average molecular weight is 337 g/mol. The largest absolute Gasteiger partial charge is 0.339 e. The van der Waals surface area contributed by atoms with Gasteiger partial charge in [-0.25, -0.2) is 0 Å². The number of nitrogens with zero attached hydrogens (tertiary/aromatic N) is 3. The van der Waals surface area contributed by atoms with Crippen molar-refractivity contribution in [1.29, 1.82) is 0 Å². The van der Waals surface area contributed by atoms with Gasteiger partial charge in [0, 0.05) is 38.2 Å². The molecule has 1 aliphatic rings. The number of aromatic nitrogens is 1. The van der Waals surface area contributed by atoms with Crippen LogP contribution >= 0.6 is 0 Å². The first-order valence-electron chi connectivity index (χ1n) is 8.63. The monoisotopic (exact) mass is 337 g/mol. The fraction of sp³-hybridized carbons (Fsp3) is 0.350. The van der Waals surface area contributed by atoms with Gasteiger partial charge in [-0.1, -0.05) is 25.1 Å². The van der Waals surface area contributed by atoms with Crippen molar-refractivity contribution in [2.24, 2.45) is 5.92 Å². The summed E-state index contributed by atoms with van der Waals surface area (Å²) >= 11 is 0. The predicted molar refractivity (Wildman–Crippen MR) is 97.7 cm³/mol. The summed E-state index contributed by atoms with van der Waals surface area (Å²) in [6.45, 7) is 3.74. The lowest BCUT2D eigenvalue weighted by molar-refractivity contribution is 0.0697. The van der Waals surface area contributed by atoms with Gasteiger partial charge in [-0.3, -0.25) is 14.6 Å². The van der Waals surface area contributed by atoms with Crippen molar-refractivity contribution < 1.29 is 9.59 Å². The molecule has 0 unspecified atom stereocenters. The molecule has 1 aliphatic heterocycles. The van der Waals surface area contributed by atoms with E-state index in [4.69, 9.17) is 0 Å². The zero-order valence-corrected chi connectivity index (χ0v) is 14.7. The summed E-state index contributed by atoms with van der Waals surface area (Å²) in [6.07, 6.45) is 5.10. The molecule has 0 N–H and O–H groups in total. The standard InChI is InChI=1S/C20H23N3O2/c1-15-8-10-23(11-9-15)20(25)17-12-16(13-21-14-17)19(24)22(2)18-6-4-3-5-7-18/h3-7,12-15H,8-11H2,1-2H3. The Morgan fingerprint density at radius 1 is 1.08 bits per heavy atom. The van der Waals surface area contributed by atoms with Crippen molar-refractivity contribution in [3.8, 4) is 0 Å². The zero-order valence-electron chi connectivity index (χ0n) is 14.7. The highest BCUT2D eigenvalue weighted by Crippen LogP contribution is 2.19. The minimum Gasteiger partial charge on any atom is -0.339 e. The molecule has 0 atom stereocenters. The number of amides is 2. The highest BCUT2D eigenvalue weighted by Gasteiger charge is 2.23. The van der Waals surface area contributed by atoms with Crippen molar-refractivity contribution in [2.75, 3.05) is 25.0 Å². The van der Waals surface area contributed by atoms with Crippen LogP contribution in [0.4, 0.5) is 5.69 Å². The molecule has 5 heteroatoms. The molecule has 0 aliphatic carbocycles. The molecule has 5 nitrogen and oxygen atoms in total. The van der Waals surface area contributed by atoms with Gasteiger partial charge in [-0.2, -0.15) is 0 Å².